The molecule has 0 radical (unpaired) electrons. The molecular weight excluding hydrogens is 254 g/mol. The van der Waals surface area contributed by atoms with E-state index in [0.717, 1.165) is 0 Å². The van der Waals surface area contributed by atoms with Gasteiger partial charge in [0.1, 0.15) is 5.75 Å². The van der Waals surface area contributed by atoms with E-state index < -0.39 is 6.10 Å². The van der Waals surface area contributed by atoms with Crippen LogP contribution in [0.15, 0.2) is 24.3 Å². The van der Waals surface area contributed by atoms with E-state index in [4.69, 9.17) is 21.4 Å². The van der Waals surface area contributed by atoms with Gasteiger partial charge in [-0.1, -0.05) is 30.7 Å². The van der Waals surface area contributed by atoms with E-state index in [0.29, 0.717) is 17.2 Å². The molecule has 0 aliphatic heterocycles. The molecule has 0 aromatic heterocycles. The Morgan fingerprint density at radius 3 is 2.72 bits per heavy atom. The van der Waals surface area contributed by atoms with Crippen molar-refractivity contribution in [2.24, 2.45) is 0 Å². The fraction of sp³-hybridized carbons (Fsp3) is 0.462. The maximum atomic E-state index is 11.9. The van der Waals surface area contributed by atoms with E-state index in [9.17, 15) is 4.79 Å². The van der Waals surface area contributed by atoms with Crippen molar-refractivity contribution < 1.29 is 14.6 Å². The molecule has 2 atom stereocenters. The normalized spacial score (nSPS) is 13.8. The molecule has 2 N–H and O–H groups in total. The van der Waals surface area contributed by atoms with Gasteiger partial charge >= 0.3 is 0 Å². The molecule has 0 aliphatic rings. The minimum absolute atomic E-state index is 0.103. The molecular formula is C13H18ClNO3. The number of aliphatic hydroxyl groups is 1. The Morgan fingerprint density at radius 1 is 1.50 bits per heavy atom. The summed E-state index contributed by atoms with van der Waals surface area (Å²) in [5.74, 6) is 0.233. The van der Waals surface area contributed by atoms with Gasteiger partial charge in [0.2, 0.25) is 0 Å². The first-order valence-corrected chi connectivity index (χ1v) is 6.28. The predicted molar refractivity (Wildman–Crippen MR) is 70.8 cm³/mol. The van der Waals surface area contributed by atoms with E-state index in [-0.39, 0.29) is 18.6 Å². The molecule has 0 saturated heterocycles. The van der Waals surface area contributed by atoms with Crippen molar-refractivity contribution in [3.05, 3.63) is 29.3 Å². The molecule has 2 unspecified atom stereocenters. The van der Waals surface area contributed by atoms with Gasteiger partial charge in [-0.25, -0.2) is 0 Å². The van der Waals surface area contributed by atoms with Gasteiger partial charge in [-0.3, -0.25) is 4.79 Å². The number of amides is 1. The van der Waals surface area contributed by atoms with E-state index >= 15 is 0 Å². The van der Waals surface area contributed by atoms with E-state index in [1.54, 1.807) is 31.2 Å². The van der Waals surface area contributed by atoms with Gasteiger partial charge in [0.05, 0.1) is 11.6 Å². The maximum Gasteiger partial charge on any atom is 0.261 e. The first-order valence-electron chi connectivity index (χ1n) is 5.90. The number of hydrogen-bond acceptors (Lipinski definition) is 3. The van der Waals surface area contributed by atoms with Crippen molar-refractivity contribution in [3.63, 3.8) is 0 Å². The molecule has 1 amide bonds. The quantitative estimate of drug-likeness (QED) is 0.832. The summed E-state index contributed by atoms with van der Waals surface area (Å²) in [6.45, 7) is 3.47. The molecule has 0 saturated carbocycles. The summed E-state index contributed by atoms with van der Waals surface area (Å²) in [7, 11) is 0. The molecule has 0 bridgehead atoms. The Bertz CT molecular complexity index is 398. The Morgan fingerprint density at radius 2 is 2.17 bits per heavy atom. The van der Waals surface area contributed by atoms with E-state index in [1.807, 2.05) is 6.92 Å². The van der Waals surface area contributed by atoms with Crippen molar-refractivity contribution in [2.75, 3.05) is 6.61 Å². The average molecular weight is 272 g/mol. The van der Waals surface area contributed by atoms with Gasteiger partial charge in [-0.2, -0.15) is 0 Å². The van der Waals surface area contributed by atoms with Gasteiger partial charge in [0.25, 0.3) is 5.91 Å². The van der Waals surface area contributed by atoms with Crippen LogP contribution in [0.4, 0.5) is 0 Å². The molecule has 0 spiro atoms. The van der Waals surface area contributed by atoms with Gasteiger partial charge in [-0.05, 0) is 25.5 Å². The van der Waals surface area contributed by atoms with Crippen molar-refractivity contribution in [1.82, 2.24) is 5.32 Å². The number of rotatable bonds is 6. The smallest absolute Gasteiger partial charge is 0.261 e. The Labute approximate surface area is 112 Å². The SMILES string of the molecule is CCC(Oc1ccccc1Cl)C(=O)NC(C)CO. The lowest BCUT2D eigenvalue weighted by Crippen LogP contribution is -2.43. The fourth-order valence-electron chi connectivity index (χ4n) is 1.40. The lowest BCUT2D eigenvalue weighted by Gasteiger charge is -2.20. The molecule has 1 rings (SSSR count). The highest BCUT2D eigenvalue weighted by molar-refractivity contribution is 6.32. The number of para-hydroxylation sites is 1. The zero-order valence-electron chi connectivity index (χ0n) is 10.5. The molecule has 1 aromatic rings. The number of benzene rings is 1. The Hall–Kier alpha value is -1.26. The van der Waals surface area contributed by atoms with Gasteiger partial charge in [0.15, 0.2) is 6.10 Å². The van der Waals surface area contributed by atoms with Crippen molar-refractivity contribution in [3.8, 4) is 5.75 Å². The van der Waals surface area contributed by atoms with Crippen LogP contribution in [0.25, 0.3) is 0 Å². The number of halogens is 1. The summed E-state index contributed by atoms with van der Waals surface area (Å²) in [5, 5.41) is 12.0. The second-order valence-electron chi connectivity index (χ2n) is 4.04. The third-order valence-corrected chi connectivity index (χ3v) is 2.74. The molecule has 1 aromatic carbocycles. The van der Waals surface area contributed by atoms with Crippen molar-refractivity contribution in [1.29, 1.82) is 0 Å². The molecule has 4 nitrogen and oxygen atoms in total. The van der Waals surface area contributed by atoms with Gasteiger partial charge in [-0.15, -0.1) is 0 Å². The third-order valence-electron chi connectivity index (χ3n) is 2.43. The Kier molecular flexibility index (Phi) is 5.95. The molecule has 0 fully saturated rings. The van der Waals surface area contributed by atoms with E-state index in [2.05, 4.69) is 5.32 Å². The van der Waals surface area contributed by atoms with Crippen LogP contribution in [0.3, 0.4) is 0 Å². The monoisotopic (exact) mass is 271 g/mol. The maximum absolute atomic E-state index is 11.9. The number of nitrogens with one attached hydrogen (secondary N) is 1. The van der Waals surface area contributed by atoms with Crippen LogP contribution in [0.5, 0.6) is 5.75 Å². The number of carbonyl (C=O) groups excluding carboxylic acids is 1. The van der Waals surface area contributed by atoms with Crippen molar-refractivity contribution >= 4 is 17.5 Å². The van der Waals surface area contributed by atoms with Crippen LogP contribution in [-0.4, -0.2) is 29.8 Å². The van der Waals surface area contributed by atoms with Crippen LogP contribution in [0.2, 0.25) is 5.02 Å². The standard InChI is InChI=1S/C13H18ClNO3/c1-3-11(13(17)15-9(2)8-16)18-12-7-5-4-6-10(12)14/h4-7,9,11,16H,3,8H2,1-2H3,(H,15,17). The molecule has 5 heteroatoms. The van der Waals surface area contributed by atoms with Crippen molar-refractivity contribution in [2.45, 2.75) is 32.4 Å². The van der Waals surface area contributed by atoms with Crippen LogP contribution in [0.1, 0.15) is 20.3 Å². The lowest BCUT2D eigenvalue weighted by atomic mass is 10.2. The highest BCUT2D eigenvalue weighted by atomic mass is 35.5. The average Bonchev–Trinajstić information content (AvgIpc) is 2.37. The highest BCUT2D eigenvalue weighted by Crippen LogP contribution is 2.24. The van der Waals surface area contributed by atoms with Gasteiger partial charge < -0.3 is 15.2 Å². The summed E-state index contributed by atoms with van der Waals surface area (Å²) in [4.78, 5) is 11.9. The zero-order valence-corrected chi connectivity index (χ0v) is 11.3. The second kappa shape index (κ2) is 7.24. The van der Waals surface area contributed by atoms with Crippen LogP contribution >= 0.6 is 11.6 Å². The predicted octanol–water partition coefficient (Wildman–Crippen LogP) is 1.99. The lowest BCUT2D eigenvalue weighted by molar-refractivity contribution is -0.129. The summed E-state index contributed by atoms with van der Waals surface area (Å²) in [6, 6.07) is 6.72. The summed E-state index contributed by atoms with van der Waals surface area (Å²) >= 11 is 5.97. The highest BCUT2D eigenvalue weighted by Gasteiger charge is 2.20. The molecule has 0 heterocycles. The molecule has 0 aliphatic carbocycles. The summed E-state index contributed by atoms with van der Waals surface area (Å²) in [5.41, 5.74) is 0. The summed E-state index contributed by atoms with van der Waals surface area (Å²) < 4.78 is 5.58. The first-order chi connectivity index (χ1) is 8.58. The third kappa shape index (κ3) is 4.20. The van der Waals surface area contributed by atoms with Crippen LogP contribution < -0.4 is 10.1 Å². The largest absolute Gasteiger partial charge is 0.479 e. The number of carbonyl (C=O) groups is 1. The Balaban J connectivity index is 2.67. The topological polar surface area (TPSA) is 58.6 Å². The first kappa shape index (κ1) is 14.8. The van der Waals surface area contributed by atoms with Crippen LogP contribution in [-0.2, 0) is 4.79 Å². The number of hydrogen-bond donors (Lipinski definition) is 2. The summed E-state index contributed by atoms with van der Waals surface area (Å²) in [6.07, 6.45) is -0.0891. The number of ether oxygens (including phenoxy) is 1. The zero-order chi connectivity index (χ0) is 13.5. The minimum atomic E-state index is -0.612. The van der Waals surface area contributed by atoms with Crippen LogP contribution in [0, 0.1) is 0 Å². The van der Waals surface area contributed by atoms with Gasteiger partial charge in [0, 0.05) is 6.04 Å². The fourth-order valence-corrected chi connectivity index (χ4v) is 1.58. The molecule has 100 valence electrons. The van der Waals surface area contributed by atoms with E-state index in [1.165, 1.54) is 0 Å². The molecule has 18 heavy (non-hydrogen) atoms. The second-order valence-corrected chi connectivity index (χ2v) is 4.44. The minimum Gasteiger partial charge on any atom is -0.479 e. The number of aliphatic hydroxyl groups excluding tert-OH is 1.